The van der Waals surface area contributed by atoms with Crippen molar-refractivity contribution in [2.24, 2.45) is 5.41 Å². The molecule has 0 bridgehead atoms. The lowest BCUT2D eigenvalue weighted by Crippen LogP contribution is -2.34. The Morgan fingerprint density at radius 1 is 1.40 bits per heavy atom. The summed E-state index contributed by atoms with van der Waals surface area (Å²) in [5.74, 6) is -0.465. The molecule has 0 spiro atoms. The van der Waals surface area contributed by atoms with Gasteiger partial charge in [0.25, 0.3) is 5.91 Å². The van der Waals surface area contributed by atoms with E-state index in [0.29, 0.717) is 12.1 Å². The SMILES string of the molecule is C=CCN1C(=O)c2ccccc2C1OC(=O)C(C)(C)C. The first kappa shape index (κ1) is 14.3. The van der Waals surface area contributed by atoms with Gasteiger partial charge in [0.05, 0.1) is 5.41 Å². The van der Waals surface area contributed by atoms with E-state index in [-0.39, 0.29) is 11.9 Å². The zero-order chi connectivity index (χ0) is 14.9. The number of benzene rings is 1. The van der Waals surface area contributed by atoms with Crippen molar-refractivity contribution in [2.75, 3.05) is 6.54 Å². The average molecular weight is 273 g/mol. The molecule has 1 aromatic rings. The molecule has 4 heteroatoms. The summed E-state index contributed by atoms with van der Waals surface area (Å²) in [4.78, 5) is 25.9. The Labute approximate surface area is 119 Å². The van der Waals surface area contributed by atoms with Gasteiger partial charge in [-0.15, -0.1) is 6.58 Å². The van der Waals surface area contributed by atoms with Gasteiger partial charge in [0, 0.05) is 17.7 Å². The maximum atomic E-state index is 12.3. The number of hydrogen-bond acceptors (Lipinski definition) is 3. The minimum absolute atomic E-state index is 0.132. The molecule has 0 saturated carbocycles. The molecule has 1 aliphatic rings. The van der Waals surface area contributed by atoms with Crippen LogP contribution in [0.3, 0.4) is 0 Å². The van der Waals surface area contributed by atoms with Crippen LogP contribution in [0.25, 0.3) is 0 Å². The zero-order valence-corrected chi connectivity index (χ0v) is 12.1. The van der Waals surface area contributed by atoms with Gasteiger partial charge >= 0.3 is 5.97 Å². The van der Waals surface area contributed by atoms with Crippen LogP contribution in [0.15, 0.2) is 36.9 Å². The van der Waals surface area contributed by atoms with Crippen LogP contribution in [-0.4, -0.2) is 23.3 Å². The van der Waals surface area contributed by atoms with Gasteiger partial charge in [0.15, 0.2) is 0 Å². The molecule has 1 atom stereocenters. The van der Waals surface area contributed by atoms with E-state index in [4.69, 9.17) is 4.74 Å². The summed E-state index contributed by atoms with van der Waals surface area (Å²) < 4.78 is 5.56. The number of amides is 1. The number of rotatable bonds is 3. The van der Waals surface area contributed by atoms with Crippen molar-refractivity contribution in [1.82, 2.24) is 4.90 Å². The van der Waals surface area contributed by atoms with Gasteiger partial charge in [-0.1, -0.05) is 24.3 Å². The summed E-state index contributed by atoms with van der Waals surface area (Å²) in [6.07, 6.45) is 0.963. The molecule has 1 heterocycles. The quantitative estimate of drug-likeness (QED) is 0.628. The third-order valence-electron chi connectivity index (χ3n) is 3.16. The predicted molar refractivity (Wildman–Crippen MR) is 76.0 cm³/mol. The molecule has 1 aliphatic heterocycles. The second-order valence-corrected chi connectivity index (χ2v) is 5.84. The summed E-state index contributed by atoms with van der Waals surface area (Å²) >= 11 is 0. The summed E-state index contributed by atoms with van der Waals surface area (Å²) in [5.41, 5.74) is 0.707. The monoisotopic (exact) mass is 273 g/mol. The number of fused-ring (bicyclic) bond motifs is 1. The first-order chi connectivity index (χ1) is 9.36. The molecule has 0 aromatic heterocycles. The Bertz CT molecular complexity index is 557. The first-order valence-corrected chi connectivity index (χ1v) is 6.58. The number of carbonyl (C=O) groups excluding carboxylic acids is 2. The molecule has 0 fully saturated rings. The maximum Gasteiger partial charge on any atom is 0.313 e. The number of carbonyl (C=O) groups is 2. The van der Waals surface area contributed by atoms with Gasteiger partial charge in [0.1, 0.15) is 0 Å². The number of nitrogens with zero attached hydrogens (tertiary/aromatic N) is 1. The molecule has 0 N–H and O–H groups in total. The lowest BCUT2D eigenvalue weighted by atomic mass is 9.97. The highest BCUT2D eigenvalue weighted by atomic mass is 16.6. The second-order valence-electron chi connectivity index (χ2n) is 5.84. The van der Waals surface area contributed by atoms with Crippen molar-refractivity contribution < 1.29 is 14.3 Å². The molecule has 0 aliphatic carbocycles. The largest absolute Gasteiger partial charge is 0.437 e. The lowest BCUT2D eigenvalue weighted by Gasteiger charge is -2.27. The van der Waals surface area contributed by atoms with Crippen LogP contribution >= 0.6 is 0 Å². The zero-order valence-electron chi connectivity index (χ0n) is 12.1. The fourth-order valence-corrected chi connectivity index (χ4v) is 2.06. The van der Waals surface area contributed by atoms with E-state index in [0.717, 1.165) is 5.56 Å². The van der Waals surface area contributed by atoms with Crippen molar-refractivity contribution in [3.8, 4) is 0 Å². The van der Waals surface area contributed by atoms with Crippen LogP contribution in [-0.2, 0) is 9.53 Å². The minimum atomic E-state index is -0.663. The van der Waals surface area contributed by atoms with Gasteiger partial charge < -0.3 is 4.74 Å². The highest BCUT2D eigenvalue weighted by Crippen LogP contribution is 2.35. The molecule has 1 aromatic carbocycles. The van der Waals surface area contributed by atoms with E-state index in [1.54, 1.807) is 39.0 Å². The van der Waals surface area contributed by atoms with Crippen LogP contribution < -0.4 is 0 Å². The fourth-order valence-electron chi connectivity index (χ4n) is 2.06. The molecule has 0 saturated heterocycles. The Morgan fingerprint density at radius 2 is 2.05 bits per heavy atom. The summed E-state index contributed by atoms with van der Waals surface area (Å²) in [7, 11) is 0. The van der Waals surface area contributed by atoms with Gasteiger partial charge in [0.2, 0.25) is 6.23 Å². The Hall–Kier alpha value is -2.10. The van der Waals surface area contributed by atoms with E-state index in [1.807, 2.05) is 12.1 Å². The molecule has 2 rings (SSSR count). The second kappa shape index (κ2) is 5.12. The van der Waals surface area contributed by atoms with E-state index in [1.165, 1.54) is 4.90 Å². The smallest absolute Gasteiger partial charge is 0.313 e. The van der Waals surface area contributed by atoms with Crippen molar-refractivity contribution in [1.29, 1.82) is 0 Å². The fraction of sp³-hybridized carbons (Fsp3) is 0.375. The summed E-state index contributed by atoms with van der Waals surface area (Å²) in [5, 5.41) is 0. The molecule has 1 amide bonds. The van der Waals surface area contributed by atoms with Crippen LogP contribution in [0.2, 0.25) is 0 Å². The topological polar surface area (TPSA) is 46.6 Å². The average Bonchev–Trinajstić information content (AvgIpc) is 2.64. The van der Waals surface area contributed by atoms with Crippen LogP contribution in [0.4, 0.5) is 0 Å². The van der Waals surface area contributed by atoms with E-state index >= 15 is 0 Å². The molecular weight excluding hydrogens is 254 g/mol. The molecule has 20 heavy (non-hydrogen) atoms. The number of hydrogen-bond donors (Lipinski definition) is 0. The summed E-state index contributed by atoms with van der Waals surface area (Å²) in [6, 6.07) is 7.20. The van der Waals surface area contributed by atoms with E-state index in [2.05, 4.69) is 6.58 Å². The van der Waals surface area contributed by atoms with Crippen LogP contribution in [0.1, 0.15) is 42.9 Å². The third-order valence-corrected chi connectivity index (χ3v) is 3.16. The number of ether oxygens (including phenoxy) is 1. The molecule has 1 unspecified atom stereocenters. The normalized spacial score (nSPS) is 17.9. The van der Waals surface area contributed by atoms with Crippen molar-refractivity contribution >= 4 is 11.9 Å². The summed E-state index contributed by atoms with van der Waals surface area (Å²) in [6.45, 7) is 9.35. The van der Waals surface area contributed by atoms with Crippen molar-refractivity contribution in [2.45, 2.75) is 27.0 Å². The van der Waals surface area contributed by atoms with Gasteiger partial charge in [-0.25, -0.2) is 0 Å². The third kappa shape index (κ3) is 2.46. The Kier molecular flexibility index (Phi) is 3.66. The minimum Gasteiger partial charge on any atom is -0.437 e. The number of esters is 1. The lowest BCUT2D eigenvalue weighted by molar-refractivity contribution is -0.165. The van der Waals surface area contributed by atoms with Crippen molar-refractivity contribution in [3.05, 3.63) is 48.0 Å². The predicted octanol–water partition coefficient (Wildman–Crippen LogP) is 2.92. The first-order valence-electron chi connectivity index (χ1n) is 6.58. The van der Waals surface area contributed by atoms with Gasteiger partial charge in [-0.05, 0) is 26.8 Å². The van der Waals surface area contributed by atoms with E-state index < -0.39 is 11.6 Å². The van der Waals surface area contributed by atoms with Gasteiger partial charge in [-0.3, -0.25) is 14.5 Å². The highest BCUT2D eigenvalue weighted by Gasteiger charge is 2.39. The Morgan fingerprint density at radius 3 is 2.65 bits per heavy atom. The van der Waals surface area contributed by atoms with Crippen molar-refractivity contribution in [3.63, 3.8) is 0 Å². The van der Waals surface area contributed by atoms with Gasteiger partial charge in [-0.2, -0.15) is 0 Å². The van der Waals surface area contributed by atoms with Crippen LogP contribution in [0, 0.1) is 5.41 Å². The standard InChI is InChI=1S/C16H19NO3/c1-5-10-17-13(18)11-8-6-7-9-12(11)14(17)20-15(19)16(2,3)4/h5-9,14H,1,10H2,2-4H3. The highest BCUT2D eigenvalue weighted by molar-refractivity contribution is 5.99. The molecular formula is C16H19NO3. The van der Waals surface area contributed by atoms with E-state index in [9.17, 15) is 9.59 Å². The maximum absolute atomic E-state index is 12.3. The molecule has 0 radical (unpaired) electrons. The molecule has 4 nitrogen and oxygen atoms in total. The Balaban J connectivity index is 2.35. The van der Waals surface area contributed by atoms with Crippen LogP contribution in [0.5, 0.6) is 0 Å². The molecule has 106 valence electrons.